The van der Waals surface area contributed by atoms with E-state index in [0.29, 0.717) is 0 Å². The van der Waals surface area contributed by atoms with E-state index in [9.17, 15) is 19.0 Å². The number of aliphatic hydroxyl groups is 1. The number of carbonyl (C=O) groups is 1. The first-order valence-electron chi connectivity index (χ1n) is 15.1. The van der Waals surface area contributed by atoms with Gasteiger partial charge in [-0.1, -0.05) is 91.0 Å². The summed E-state index contributed by atoms with van der Waals surface area (Å²) in [6.07, 6.45) is -4.27. The Kier molecular flexibility index (Phi) is 16.3. The van der Waals surface area contributed by atoms with E-state index >= 15 is 0 Å². The van der Waals surface area contributed by atoms with Crippen molar-refractivity contribution in [2.75, 3.05) is 25.7 Å². The average Bonchev–Trinajstić information content (AvgIpc) is 3.06. The van der Waals surface area contributed by atoms with E-state index in [-0.39, 0.29) is 46.1 Å². The quantitative estimate of drug-likeness (QED) is 0.0650. The molecule has 0 aromatic heterocycles. The minimum atomic E-state index is -4.32. The Labute approximate surface area is 271 Å². The topological polar surface area (TPSA) is 136 Å². The van der Waals surface area contributed by atoms with Crippen molar-refractivity contribution in [3.8, 4) is 0 Å². The lowest BCUT2D eigenvalue weighted by molar-refractivity contribution is -0.239. The van der Waals surface area contributed by atoms with Gasteiger partial charge < -0.3 is 37.6 Å². The third-order valence-electron chi connectivity index (χ3n) is 6.68. The van der Waals surface area contributed by atoms with Gasteiger partial charge in [-0.3, -0.25) is 13.9 Å². The highest BCUT2D eigenvalue weighted by Crippen LogP contribution is 2.66. The highest BCUT2D eigenvalue weighted by Gasteiger charge is 2.50. The Morgan fingerprint density at radius 3 is 1.46 bits per heavy atom. The van der Waals surface area contributed by atoms with E-state index in [1.165, 1.54) is 0 Å². The van der Waals surface area contributed by atoms with Crippen LogP contribution in [0.25, 0.3) is 0 Å². The van der Waals surface area contributed by atoms with Gasteiger partial charge in [0.25, 0.3) is 6.47 Å². The molecular weight excluding hydrogens is 634 g/mol. The van der Waals surface area contributed by atoms with Crippen molar-refractivity contribution >= 4 is 21.4 Å². The van der Waals surface area contributed by atoms with Gasteiger partial charge in [0, 0.05) is 0 Å². The van der Waals surface area contributed by atoms with Crippen LogP contribution in [0.5, 0.6) is 0 Å². The number of hydrogen-bond donors (Lipinski definition) is 1. The molecule has 0 saturated carbocycles. The summed E-state index contributed by atoms with van der Waals surface area (Å²) in [6, 6.07) is 27.5. The van der Waals surface area contributed by atoms with Crippen LogP contribution >= 0.6 is 15.0 Å². The molecule has 11 nitrogen and oxygen atoms in total. The molecule has 0 aliphatic carbocycles. The lowest BCUT2D eigenvalue weighted by Crippen LogP contribution is -2.49. The Hall–Kier alpha value is -2.69. The van der Waals surface area contributed by atoms with Gasteiger partial charge in [-0.05, 0) is 37.5 Å². The van der Waals surface area contributed by atoms with Gasteiger partial charge in [0.1, 0.15) is 18.1 Å². The molecular formula is C33H44O11P2. The van der Waals surface area contributed by atoms with Gasteiger partial charge in [-0.2, -0.15) is 0 Å². The highest BCUT2D eigenvalue weighted by molar-refractivity contribution is 7.74. The predicted molar refractivity (Wildman–Crippen MR) is 173 cm³/mol. The summed E-state index contributed by atoms with van der Waals surface area (Å²) in [6.45, 7) is 4.93. The summed E-state index contributed by atoms with van der Waals surface area (Å²) in [5.74, 6) is -2.67. The molecule has 3 aromatic rings. The van der Waals surface area contributed by atoms with Crippen molar-refractivity contribution in [3.05, 3.63) is 108 Å². The number of aliphatic hydroxyl groups excluding tert-OH is 1. The maximum Gasteiger partial charge on any atom is 0.340 e. The molecule has 0 fully saturated rings. The van der Waals surface area contributed by atoms with Crippen LogP contribution in [0.2, 0.25) is 0 Å². The molecule has 0 amide bonds. The molecule has 0 heterocycles. The van der Waals surface area contributed by atoms with Gasteiger partial charge in [0.2, 0.25) is 13.7 Å². The van der Waals surface area contributed by atoms with Crippen LogP contribution in [0.3, 0.4) is 0 Å². The molecule has 0 aliphatic rings. The predicted octanol–water partition coefficient (Wildman–Crippen LogP) is 6.73. The molecule has 0 bridgehead atoms. The fourth-order valence-electron chi connectivity index (χ4n) is 4.63. The maximum absolute atomic E-state index is 14.6. The zero-order chi connectivity index (χ0) is 33.3. The van der Waals surface area contributed by atoms with E-state index < -0.39 is 45.2 Å². The highest BCUT2D eigenvalue weighted by atomic mass is 31.2. The van der Waals surface area contributed by atoms with E-state index in [4.69, 9.17) is 32.5 Å². The molecule has 0 radical (unpaired) electrons. The second-order valence-corrected chi connectivity index (χ2v) is 15.2. The molecule has 0 aliphatic heterocycles. The van der Waals surface area contributed by atoms with Crippen molar-refractivity contribution in [1.29, 1.82) is 0 Å². The molecule has 13 heteroatoms. The molecule has 46 heavy (non-hydrogen) atoms. The molecule has 3 aromatic carbocycles. The Bertz CT molecular complexity index is 1350. The molecule has 5 atom stereocenters. The standard InChI is InChI=1S/C33H44O11P2/c1-4-42-45(36,26-46(37,43-5-2)44-6-3)32(35)30(38-22-27-16-10-7-11-17-27)31(39-23-28-18-12-8-13-19-28)33(41-25-34)40-24-29-20-14-9-15-21-29/h7-21,25,30-33,35H,4-6,22-24,26H2,1-3H3/t30-,31+,32?,33+,45?/m0/s1. The lowest BCUT2D eigenvalue weighted by Gasteiger charge is -2.37. The summed E-state index contributed by atoms with van der Waals surface area (Å²) >= 11 is 0. The SMILES string of the molecule is CCOP(=O)(CP(=O)(OCC)C(O)[C@@H](OCc1ccccc1)[C@@H](OCc1ccccc1)[C@@H](OC=O)OCc1ccccc1)OCC. The summed E-state index contributed by atoms with van der Waals surface area (Å²) in [5, 5.41) is 12.0. The number of carbonyl (C=O) groups excluding carboxylic acids is 1. The lowest BCUT2D eigenvalue weighted by atomic mass is 10.1. The van der Waals surface area contributed by atoms with Gasteiger partial charge in [0.05, 0.1) is 39.6 Å². The Morgan fingerprint density at radius 2 is 1.04 bits per heavy atom. The van der Waals surface area contributed by atoms with Gasteiger partial charge in [-0.15, -0.1) is 0 Å². The van der Waals surface area contributed by atoms with E-state index in [2.05, 4.69) is 0 Å². The molecule has 3 rings (SSSR count). The first-order chi connectivity index (χ1) is 22.3. The summed E-state index contributed by atoms with van der Waals surface area (Å²) in [7, 11) is -8.30. The van der Waals surface area contributed by atoms with Crippen molar-refractivity contribution in [1.82, 2.24) is 0 Å². The third-order valence-corrected chi connectivity index (χ3v) is 12.7. The first-order valence-corrected chi connectivity index (χ1v) is 18.7. The third kappa shape index (κ3) is 11.8. The van der Waals surface area contributed by atoms with Crippen LogP contribution < -0.4 is 0 Å². The van der Waals surface area contributed by atoms with Crippen molar-refractivity contribution in [3.63, 3.8) is 0 Å². The second-order valence-electron chi connectivity index (χ2n) is 10.1. The van der Waals surface area contributed by atoms with E-state index in [1.54, 1.807) is 20.8 Å². The summed E-state index contributed by atoms with van der Waals surface area (Å²) in [4.78, 5) is 11.8. The van der Waals surface area contributed by atoms with Crippen molar-refractivity contribution in [2.45, 2.75) is 64.9 Å². The molecule has 252 valence electrons. The van der Waals surface area contributed by atoms with Crippen LogP contribution in [0.4, 0.5) is 0 Å². The Morgan fingerprint density at radius 1 is 0.630 bits per heavy atom. The molecule has 2 unspecified atom stereocenters. The minimum Gasteiger partial charge on any atom is -0.435 e. The van der Waals surface area contributed by atoms with Gasteiger partial charge in [0.15, 0.2) is 5.85 Å². The fourth-order valence-corrected chi connectivity index (χ4v) is 10.4. The maximum atomic E-state index is 14.6. The van der Waals surface area contributed by atoms with Crippen molar-refractivity contribution in [2.24, 2.45) is 0 Å². The smallest absolute Gasteiger partial charge is 0.340 e. The average molecular weight is 679 g/mol. The number of rotatable bonds is 23. The monoisotopic (exact) mass is 678 g/mol. The van der Waals surface area contributed by atoms with Crippen LogP contribution in [0.15, 0.2) is 91.0 Å². The number of hydrogen-bond acceptors (Lipinski definition) is 11. The zero-order valence-electron chi connectivity index (χ0n) is 26.4. The van der Waals surface area contributed by atoms with Gasteiger partial charge >= 0.3 is 7.60 Å². The second kappa shape index (κ2) is 19.9. The fraction of sp³-hybridized carbons (Fsp3) is 0.424. The van der Waals surface area contributed by atoms with Crippen LogP contribution in [-0.2, 0) is 66.3 Å². The molecule has 0 spiro atoms. The van der Waals surface area contributed by atoms with E-state index in [0.717, 1.165) is 16.7 Å². The minimum absolute atomic E-state index is 0.00778. The van der Waals surface area contributed by atoms with Crippen LogP contribution in [-0.4, -0.2) is 61.6 Å². The summed E-state index contributed by atoms with van der Waals surface area (Å²) < 4.78 is 68.7. The van der Waals surface area contributed by atoms with Crippen molar-refractivity contribution < 1.29 is 51.5 Å². The van der Waals surface area contributed by atoms with E-state index in [1.807, 2.05) is 91.0 Å². The molecule has 0 saturated heterocycles. The number of ether oxygens (including phenoxy) is 4. The normalized spacial score (nSPS) is 15.7. The summed E-state index contributed by atoms with van der Waals surface area (Å²) in [5.41, 5.74) is 2.28. The Balaban J connectivity index is 2.08. The van der Waals surface area contributed by atoms with Crippen LogP contribution in [0.1, 0.15) is 37.5 Å². The number of benzene rings is 3. The van der Waals surface area contributed by atoms with Gasteiger partial charge in [-0.25, -0.2) is 0 Å². The first kappa shape index (κ1) is 37.8. The molecule has 1 N–H and O–H groups in total. The largest absolute Gasteiger partial charge is 0.435 e. The van der Waals surface area contributed by atoms with Crippen LogP contribution in [0, 0.1) is 0 Å². The zero-order valence-corrected chi connectivity index (χ0v) is 28.2.